The second-order valence-electron chi connectivity index (χ2n) is 9.73. The second-order valence-corrected chi connectivity index (χ2v) is 10.6. The summed E-state index contributed by atoms with van der Waals surface area (Å²) in [4.78, 5) is 53.6. The molecule has 4 heterocycles. The predicted molar refractivity (Wildman–Crippen MR) is 123 cm³/mol. The van der Waals surface area contributed by atoms with Crippen molar-refractivity contribution in [3.8, 4) is 0 Å². The normalized spacial score (nSPS) is 27.6. The van der Waals surface area contributed by atoms with Gasteiger partial charge in [-0.2, -0.15) is 0 Å². The summed E-state index contributed by atoms with van der Waals surface area (Å²) in [6.45, 7) is 2.41. The largest absolute Gasteiger partial charge is 0.381 e. The van der Waals surface area contributed by atoms with E-state index in [2.05, 4.69) is 10.6 Å². The number of aryl methyl sites for hydroxylation is 1. The van der Waals surface area contributed by atoms with E-state index in [0.717, 1.165) is 5.56 Å². The van der Waals surface area contributed by atoms with Gasteiger partial charge in [0, 0.05) is 48.1 Å². The van der Waals surface area contributed by atoms with Crippen LogP contribution in [0.2, 0.25) is 10.0 Å². The number of halogens is 2. The fraction of sp³-hybridized carbons (Fsp3) is 0.565. The van der Waals surface area contributed by atoms with Gasteiger partial charge in [-0.15, -0.1) is 0 Å². The maximum Gasteiger partial charge on any atom is 0.322 e. The van der Waals surface area contributed by atoms with Crippen LogP contribution in [0.5, 0.6) is 0 Å². The maximum atomic E-state index is 13.5. The molecule has 182 valence electrons. The van der Waals surface area contributed by atoms with Gasteiger partial charge in [-0.05, 0) is 37.0 Å². The van der Waals surface area contributed by atoms with E-state index in [4.69, 9.17) is 27.9 Å². The van der Waals surface area contributed by atoms with Crippen LogP contribution < -0.4 is 10.6 Å². The Morgan fingerprint density at radius 1 is 1.12 bits per heavy atom. The number of rotatable bonds is 4. The van der Waals surface area contributed by atoms with Crippen LogP contribution in [0.25, 0.3) is 0 Å². The third-order valence-corrected chi connectivity index (χ3v) is 8.24. The lowest BCUT2D eigenvalue weighted by atomic mass is 9.65. The summed E-state index contributed by atoms with van der Waals surface area (Å²) in [5.41, 5.74) is -0.486. The van der Waals surface area contributed by atoms with Crippen LogP contribution in [0.15, 0.2) is 18.2 Å². The first-order chi connectivity index (χ1) is 16.2. The fourth-order valence-electron chi connectivity index (χ4n) is 5.59. The van der Waals surface area contributed by atoms with Crippen LogP contribution >= 0.6 is 23.2 Å². The van der Waals surface area contributed by atoms with Crippen molar-refractivity contribution in [3.63, 3.8) is 0 Å². The number of nitrogens with zero attached hydrogens (tertiary/aromatic N) is 2. The zero-order valence-corrected chi connectivity index (χ0v) is 20.1. The number of urea groups is 1. The number of hydrogen-bond donors (Lipinski definition) is 2. The summed E-state index contributed by atoms with van der Waals surface area (Å²) >= 11 is 12.2. The number of likely N-dealkylation sites (tertiary alicyclic amines) is 2. The minimum atomic E-state index is -1.04. The van der Waals surface area contributed by atoms with Gasteiger partial charge in [-0.25, -0.2) is 4.79 Å². The zero-order valence-electron chi connectivity index (χ0n) is 18.6. The van der Waals surface area contributed by atoms with Crippen LogP contribution in [0, 0.1) is 11.3 Å². The quantitative estimate of drug-likeness (QED) is 0.600. The van der Waals surface area contributed by atoms with Gasteiger partial charge in [0.15, 0.2) is 0 Å². The highest BCUT2D eigenvalue weighted by Gasteiger charge is 2.57. The van der Waals surface area contributed by atoms with Crippen molar-refractivity contribution in [2.45, 2.75) is 31.2 Å². The van der Waals surface area contributed by atoms with Gasteiger partial charge in [0.1, 0.15) is 5.54 Å². The molecule has 2 spiro atoms. The standard InChI is InChI=1S/C23H26Cl2N4O5/c24-15-3-1-14(17(25)9-15)2-4-18(30)29-11-22(12-29)6-8-34-10-16(22)19(31)28-7-5-23(13-28)20(32)26-21(33)27-23/h1,3,9,16H,2,4-8,10-13H2,(H2,26,27,32,33). The van der Waals surface area contributed by atoms with E-state index in [-0.39, 0.29) is 35.6 Å². The summed E-state index contributed by atoms with van der Waals surface area (Å²) in [5.74, 6) is -0.819. The van der Waals surface area contributed by atoms with Gasteiger partial charge in [0.25, 0.3) is 5.91 Å². The molecule has 2 atom stereocenters. The number of nitrogens with one attached hydrogen (secondary N) is 2. The molecule has 34 heavy (non-hydrogen) atoms. The molecule has 0 aromatic heterocycles. The molecule has 11 heteroatoms. The molecule has 0 bridgehead atoms. The molecule has 2 unspecified atom stereocenters. The molecule has 2 N–H and O–H groups in total. The van der Waals surface area contributed by atoms with Crippen molar-refractivity contribution in [1.29, 1.82) is 0 Å². The van der Waals surface area contributed by atoms with Crippen LogP contribution in [0.1, 0.15) is 24.8 Å². The Hall–Kier alpha value is -2.36. The highest BCUT2D eigenvalue weighted by atomic mass is 35.5. The SMILES string of the molecule is O=C1NC(=O)C2(CCN(C(=O)C3COCCC34CN(C(=O)CCc3ccc(Cl)cc3Cl)C4)C2)N1. The van der Waals surface area contributed by atoms with Gasteiger partial charge in [-0.3, -0.25) is 19.7 Å². The number of carbonyl (C=O) groups excluding carboxylic acids is 4. The van der Waals surface area contributed by atoms with Crippen molar-refractivity contribution in [1.82, 2.24) is 20.4 Å². The van der Waals surface area contributed by atoms with Gasteiger partial charge in [0.05, 0.1) is 19.1 Å². The number of benzene rings is 1. The third-order valence-electron chi connectivity index (χ3n) is 7.65. The molecule has 5 amide bonds. The van der Waals surface area contributed by atoms with Crippen LogP contribution in [0.3, 0.4) is 0 Å². The van der Waals surface area contributed by atoms with E-state index in [1.54, 1.807) is 21.9 Å². The monoisotopic (exact) mass is 508 g/mol. The van der Waals surface area contributed by atoms with Gasteiger partial charge in [-0.1, -0.05) is 29.3 Å². The number of imide groups is 1. The van der Waals surface area contributed by atoms with E-state index in [1.807, 2.05) is 6.07 Å². The van der Waals surface area contributed by atoms with Crippen molar-refractivity contribution in [2.24, 2.45) is 11.3 Å². The Morgan fingerprint density at radius 2 is 1.91 bits per heavy atom. The number of carbonyl (C=O) groups is 4. The fourth-order valence-corrected chi connectivity index (χ4v) is 6.09. The van der Waals surface area contributed by atoms with E-state index < -0.39 is 11.6 Å². The Labute approximate surface area is 207 Å². The summed E-state index contributed by atoms with van der Waals surface area (Å²) in [7, 11) is 0. The topological polar surface area (TPSA) is 108 Å². The lowest BCUT2D eigenvalue weighted by Gasteiger charge is -2.56. The second kappa shape index (κ2) is 8.70. The van der Waals surface area contributed by atoms with E-state index in [9.17, 15) is 19.2 Å². The van der Waals surface area contributed by atoms with Crippen LogP contribution in [-0.2, 0) is 25.5 Å². The number of hydrogen-bond acceptors (Lipinski definition) is 5. The molecule has 1 aromatic carbocycles. The highest BCUT2D eigenvalue weighted by molar-refractivity contribution is 6.35. The average molecular weight is 509 g/mol. The molecule has 5 rings (SSSR count). The van der Waals surface area contributed by atoms with Crippen LogP contribution in [-0.4, -0.2) is 78.5 Å². The first-order valence-corrected chi connectivity index (χ1v) is 12.2. The molecule has 4 aliphatic heterocycles. The Bertz CT molecular complexity index is 1060. The van der Waals surface area contributed by atoms with E-state index in [1.165, 1.54) is 0 Å². The highest BCUT2D eigenvalue weighted by Crippen LogP contribution is 2.45. The lowest BCUT2D eigenvalue weighted by Crippen LogP contribution is -2.66. The van der Waals surface area contributed by atoms with Gasteiger partial charge >= 0.3 is 6.03 Å². The van der Waals surface area contributed by atoms with E-state index in [0.29, 0.717) is 68.6 Å². The molecule has 4 aliphatic rings. The van der Waals surface area contributed by atoms with Gasteiger partial charge in [0.2, 0.25) is 11.8 Å². The summed E-state index contributed by atoms with van der Waals surface area (Å²) < 4.78 is 5.65. The van der Waals surface area contributed by atoms with Crippen molar-refractivity contribution in [2.75, 3.05) is 39.4 Å². The maximum absolute atomic E-state index is 13.5. The Balaban J connectivity index is 1.20. The smallest absolute Gasteiger partial charge is 0.322 e. The lowest BCUT2D eigenvalue weighted by molar-refractivity contribution is -0.174. The van der Waals surface area contributed by atoms with Crippen molar-refractivity contribution >= 4 is 47.0 Å². The van der Waals surface area contributed by atoms with E-state index >= 15 is 0 Å². The zero-order chi connectivity index (χ0) is 24.1. The summed E-state index contributed by atoms with van der Waals surface area (Å²) in [6, 6.07) is 4.74. The Kier molecular flexibility index (Phi) is 5.98. The first kappa shape index (κ1) is 23.4. The number of ether oxygens (including phenoxy) is 1. The molecule has 4 fully saturated rings. The summed E-state index contributed by atoms with van der Waals surface area (Å²) in [5, 5.41) is 6.04. The number of amides is 5. The molecule has 1 aromatic rings. The predicted octanol–water partition coefficient (Wildman–Crippen LogP) is 1.60. The molecule has 9 nitrogen and oxygen atoms in total. The molecule has 0 radical (unpaired) electrons. The summed E-state index contributed by atoms with van der Waals surface area (Å²) in [6.07, 6.45) is 1.94. The van der Waals surface area contributed by atoms with Crippen LogP contribution in [0.4, 0.5) is 4.79 Å². The minimum absolute atomic E-state index is 0.0276. The van der Waals surface area contributed by atoms with Gasteiger partial charge < -0.3 is 19.9 Å². The van der Waals surface area contributed by atoms with Crippen molar-refractivity contribution < 1.29 is 23.9 Å². The van der Waals surface area contributed by atoms with Crippen molar-refractivity contribution in [3.05, 3.63) is 33.8 Å². The molecule has 0 aliphatic carbocycles. The molecule has 4 saturated heterocycles. The molecular formula is C23H26Cl2N4O5. The first-order valence-electron chi connectivity index (χ1n) is 11.4. The molecular weight excluding hydrogens is 483 g/mol. The average Bonchev–Trinajstić information content (AvgIpc) is 3.33. The third kappa shape index (κ3) is 4.03. The Morgan fingerprint density at radius 3 is 2.62 bits per heavy atom. The molecule has 0 saturated carbocycles. The minimum Gasteiger partial charge on any atom is -0.381 e.